The SMILES string of the molecule is CC(C)(C)c1ccc(C#CC(=O)NCCc2ccccn2)cc1. The van der Waals surface area contributed by atoms with Gasteiger partial charge in [-0.1, -0.05) is 44.9 Å². The van der Waals surface area contributed by atoms with Gasteiger partial charge >= 0.3 is 0 Å². The summed E-state index contributed by atoms with van der Waals surface area (Å²) < 4.78 is 0. The van der Waals surface area contributed by atoms with Gasteiger partial charge in [0.2, 0.25) is 0 Å². The lowest BCUT2D eigenvalue weighted by Gasteiger charge is -2.18. The van der Waals surface area contributed by atoms with Crippen LogP contribution in [0.15, 0.2) is 48.7 Å². The van der Waals surface area contributed by atoms with Gasteiger partial charge in [-0.15, -0.1) is 0 Å². The molecular weight excluding hydrogens is 284 g/mol. The molecule has 3 heteroatoms. The summed E-state index contributed by atoms with van der Waals surface area (Å²) in [5, 5.41) is 2.78. The van der Waals surface area contributed by atoms with Crippen molar-refractivity contribution < 1.29 is 4.79 Å². The molecule has 0 spiro atoms. The summed E-state index contributed by atoms with van der Waals surface area (Å²) in [6.07, 6.45) is 2.45. The topological polar surface area (TPSA) is 42.0 Å². The van der Waals surface area contributed by atoms with Crippen LogP contribution in [0.2, 0.25) is 0 Å². The predicted molar refractivity (Wildman–Crippen MR) is 93.0 cm³/mol. The van der Waals surface area contributed by atoms with Crippen LogP contribution in [-0.4, -0.2) is 17.4 Å². The maximum Gasteiger partial charge on any atom is 0.296 e. The number of carbonyl (C=O) groups excluding carboxylic acids is 1. The molecular formula is C20H22N2O. The van der Waals surface area contributed by atoms with E-state index < -0.39 is 0 Å². The summed E-state index contributed by atoms with van der Waals surface area (Å²) in [7, 11) is 0. The van der Waals surface area contributed by atoms with E-state index in [0.717, 1.165) is 11.3 Å². The summed E-state index contributed by atoms with van der Waals surface area (Å²) >= 11 is 0. The molecule has 1 aromatic heterocycles. The number of nitrogens with zero attached hydrogens (tertiary/aromatic N) is 1. The zero-order chi connectivity index (χ0) is 16.7. The zero-order valence-electron chi connectivity index (χ0n) is 13.9. The molecule has 1 aromatic carbocycles. The Hall–Kier alpha value is -2.60. The van der Waals surface area contributed by atoms with Gasteiger partial charge in [0, 0.05) is 36.3 Å². The molecule has 0 saturated heterocycles. The minimum Gasteiger partial charge on any atom is -0.345 e. The molecule has 118 valence electrons. The number of rotatable bonds is 3. The first-order valence-electron chi connectivity index (χ1n) is 7.75. The van der Waals surface area contributed by atoms with Crippen LogP contribution < -0.4 is 5.32 Å². The smallest absolute Gasteiger partial charge is 0.296 e. The van der Waals surface area contributed by atoms with Crippen molar-refractivity contribution in [2.45, 2.75) is 32.6 Å². The molecule has 1 amide bonds. The number of pyridine rings is 1. The lowest BCUT2D eigenvalue weighted by Crippen LogP contribution is -2.24. The molecule has 0 unspecified atom stereocenters. The second-order valence-corrected chi connectivity index (χ2v) is 6.40. The average Bonchev–Trinajstić information content (AvgIpc) is 2.53. The molecule has 2 aromatic rings. The Bertz CT molecular complexity index is 701. The Morgan fingerprint density at radius 1 is 1.13 bits per heavy atom. The molecule has 23 heavy (non-hydrogen) atoms. The van der Waals surface area contributed by atoms with Gasteiger partial charge in [-0.2, -0.15) is 0 Å². The molecule has 0 aliphatic heterocycles. The van der Waals surface area contributed by atoms with Crippen molar-refractivity contribution in [3.8, 4) is 11.8 Å². The summed E-state index contributed by atoms with van der Waals surface area (Å²) in [4.78, 5) is 15.9. The van der Waals surface area contributed by atoms with Gasteiger partial charge in [-0.05, 0) is 35.2 Å². The van der Waals surface area contributed by atoms with Crippen LogP contribution in [0.4, 0.5) is 0 Å². The lowest BCUT2D eigenvalue weighted by atomic mass is 9.87. The van der Waals surface area contributed by atoms with Crippen LogP contribution in [0.3, 0.4) is 0 Å². The summed E-state index contributed by atoms with van der Waals surface area (Å²) in [6, 6.07) is 13.8. The van der Waals surface area contributed by atoms with Crippen molar-refractivity contribution in [1.29, 1.82) is 0 Å². The van der Waals surface area contributed by atoms with Crippen molar-refractivity contribution in [1.82, 2.24) is 10.3 Å². The number of benzene rings is 1. The minimum absolute atomic E-state index is 0.120. The first-order valence-corrected chi connectivity index (χ1v) is 7.75. The Kier molecular flexibility index (Phi) is 5.54. The quantitative estimate of drug-likeness (QED) is 0.885. The summed E-state index contributed by atoms with van der Waals surface area (Å²) in [5.74, 6) is 5.25. The zero-order valence-corrected chi connectivity index (χ0v) is 13.9. The highest BCUT2D eigenvalue weighted by Gasteiger charge is 2.12. The number of carbonyl (C=O) groups is 1. The maximum absolute atomic E-state index is 11.7. The van der Waals surface area contributed by atoms with E-state index in [1.807, 2.05) is 30.3 Å². The molecule has 0 fully saturated rings. The van der Waals surface area contributed by atoms with Crippen molar-refractivity contribution in [2.24, 2.45) is 0 Å². The Labute approximate surface area is 138 Å². The third-order valence-corrected chi connectivity index (χ3v) is 3.46. The van der Waals surface area contributed by atoms with Crippen LogP contribution in [0, 0.1) is 11.8 Å². The second-order valence-electron chi connectivity index (χ2n) is 6.40. The summed E-state index contributed by atoms with van der Waals surface area (Å²) in [5.41, 5.74) is 3.17. The van der Waals surface area contributed by atoms with E-state index in [4.69, 9.17) is 0 Å². The first kappa shape index (κ1) is 16.8. The van der Waals surface area contributed by atoms with Gasteiger partial charge < -0.3 is 5.32 Å². The highest BCUT2D eigenvalue weighted by atomic mass is 16.1. The number of hydrogen-bond donors (Lipinski definition) is 1. The van der Waals surface area contributed by atoms with Crippen molar-refractivity contribution >= 4 is 5.91 Å². The van der Waals surface area contributed by atoms with Crippen LogP contribution in [0.1, 0.15) is 37.6 Å². The average molecular weight is 306 g/mol. The van der Waals surface area contributed by atoms with E-state index >= 15 is 0 Å². The molecule has 0 bridgehead atoms. The van der Waals surface area contributed by atoms with Crippen LogP contribution in [-0.2, 0) is 16.6 Å². The Morgan fingerprint density at radius 2 is 1.87 bits per heavy atom. The third-order valence-electron chi connectivity index (χ3n) is 3.46. The van der Waals surface area contributed by atoms with E-state index in [-0.39, 0.29) is 11.3 Å². The highest BCUT2D eigenvalue weighted by molar-refractivity contribution is 5.94. The number of aromatic nitrogens is 1. The second kappa shape index (κ2) is 7.60. The monoisotopic (exact) mass is 306 g/mol. The number of nitrogens with one attached hydrogen (secondary N) is 1. The Morgan fingerprint density at radius 3 is 2.48 bits per heavy atom. The van der Waals surface area contributed by atoms with Gasteiger partial charge in [0.1, 0.15) is 0 Å². The van der Waals surface area contributed by atoms with Gasteiger partial charge in [0.05, 0.1) is 0 Å². The minimum atomic E-state index is -0.263. The molecule has 3 nitrogen and oxygen atoms in total. The molecule has 0 aliphatic carbocycles. The molecule has 2 rings (SSSR count). The fourth-order valence-corrected chi connectivity index (χ4v) is 2.08. The van der Waals surface area contributed by atoms with E-state index in [0.29, 0.717) is 13.0 Å². The van der Waals surface area contributed by atoms with E-state index in [9.17, 15) is 4.79 Å². The normalized spacial score (nSPS) is 10.6. The van der Waals surface area contributed by atoms with Crippen LogP contribution in [0.5, 0.6) is 0 Å². The molecule has 0 saturated carbocycles. The van der Waals surface area contributed by atoms with Gasteiger partial charge in [0.25, 0.3) is 5.91 Å². The highest BCUT2D eigenvalue weighted by Crippen LogP contribution is 2.21. The van der Waals surface area contributed by atoms with Crippen LogP contribution >= 0.6 is 0 Å². The van der Waals surface area contributed by atoms with Crippen molar-refractivity contribution in [2.75, 3.05) is 6.54 Å². The van der Waals surface area contributed by atoms with E-state index in [1.54, 1.807) is 6.20 Å². The largest absolute Gasteiger partial charge is 0.345 e. The molecule has 0 atom stereocenters. The number of amides is 1. The lowest BCUT2D eigenvalue weighted by molar-refractivity contribution is -0.115. The van der Waals surface area contributed by atoms with Gasteiger partial charge in [0.15, 0.2) is 0 Å². The first-order chi connectivity index (χ1) is 10.9. The fourth-order valence-electron chi connectivity index (χ4n) is 2.08. The van der Waals surface area contributed by atoms with Gasteiger partial charge in [-0.25, -0.2) is 0 Å². The molecule has 1 N–H and O–H groups in total. The molecule has 0 radical (unpaired) electrons. The molecule has 1 heterocycles. The third kappa shape index (κ3) is 5.60. The standard InChI is InChI=1S/C20H22N2O/c1-20(2,3)17-10-7-16(8-11-17)9-12-19(23)22-15-13-18-6-4-5-14-21-18/h4-8,10-11,14H,13,15H2,1-3H3,(H,22,23). The van der Waals surface area contributed by atoms with Crippen LogP contribution in [0.25, 0.3) is 0 Å². The van der Waals surface area contributed by atoms with Crippen molar-refractivity contribution in [3.05, 3.63) is 65.5 Å². The molecule has 0 aliphatic rings. The Balaban J connectivity index is 1.85. The predicted octanol–water partition coefficient (Wildman–Crippen LogP) is 3.09. The summed E-state index contributed by atoms with van der Waals surface area (Å²) in [6.45, 7) is 7.04. The fraction of sp³-hybridized carbons (Fsp3) is 0.300. The van der Waals surface area contributed by atoms with E-state index in [1.165, 1.54) is 5.56 Å². The van der Waals surface area contributed by atoms with Crippen molar-refractivity contribution in [3.63, 3.8) is 0 Å². The van der Waals surface area contributed by atoms with E-state index in [2.05, 4.69) is 55.0 Å². The maximum atomic E-state index is 11.7. The van der Waals surface area contributed by atoms with Gasteiger partial charge in [-0.3, -0.25) is 9.78 Å². The number of hydrogen-bond acceptors (Lipinski definition) is 2.